The minimum atomic E-state index is -0.408. The van der Waals surface area contributed by atoms with Crippen molar-refractivity contribution in [3.8, 4) is 0 Å². The van der Waals surface area contributed by atoms with Crippen molar-refractivity contribution < 1.29 is 9.53 Å². The second-order valence-electron chi connectivity index (χ2n) is 7.84. The van der Waals surface area contributed by atoms with Crippen molar-refractivity contribution in [2.24, 2.45) is 0 Å². The van der Waals surface area contributed by atoms with Gasteiger partial charge in [-0.1, -0.05) is 0 Å². The molecule has 0 spiro atoms. The molecule has 0 radical (unpaired) electrons. The Balaban J connectivity index is 1.76. The molecule has 5 heteroatoms. The minimum absolute atomic E-state index is 0.160. The van der Waals surface area contributed by atoms with Crippen LogP contribution in [-0.2, 0) is 4.74 Å². The highest BCUT2D eigenvalue weighted by atomic mass is 16.6. The molecular weight excluding hydrogens is 278 g/mol. The number of carbonyl (C=O) groups is 1. The van der Waals surface area contributed by atoms with Crippen LogP contribution in [-0.4, -0.2) is 66.8 Å². The highest BCUT2D eigenvalue weighted by molar-refractivity contribution is 5.68. The summed E-state index contributed by atoms with van der Waals surface area (Å²) in [6, 6.07) is 1.19. The van der Waals surface area contributed by atoms with E-state index < -0.39 is 5.60 Å². The van der Waals surface area contributed by atoms with Crippen molar-refractivity contribution in [1.29, 1.82) is 0 Å². The first-order valence-corrected chi connectivity index (χ1v) is 8.76. The smallest absolute Gasteiger partial charge is 0.410 e. The number of hydrogen-bond acceptors (Lipinski definition) is 4. The predicted molar refractivity (Wildman–Crippen MR) is 89.1 cm³/mol. The quantitative estimate of drug-likeness (QED) is 0.851. The molecule has 2 fully saturated rings. The average molecular weight is 311 g/mol. The zero-order valence-electron chi connectivity index (χ0n) is 14.7. The van der Waals surface area contributed by atoms with Gasteiger partial charge in [0, 0.05) is 25.2 Å². The lowest BCUT2D eigenvalue weighted by molar-refractivity contribution is 0.0256. The van der Waals surface area contributed by atoms with E-state index in [0.717, 1.165) is 32.4 Å². The predicted octanol–water partition coefficient (Wildman–Crippen LogP) is 2.46. The van der Waals surface area contributed by atoms with Gasteiger partial charge >= 0.3 is 6.09 Å². The fourth-order valence-electron chi connectivity index (χ4n) is 3.28. The lowest BCUT2D eigenvalue weighted by atomic mass is 10.0. The summed E-state index contributed by atoms with van der Waals surface area (Å²) >= 11 is 0. The SMILES string of the molecule is CN1CCC(NC2CCCN(C(=O)OC(C)(C)C)CC2)CC1. The van der Waals surface area contributed by atoms with Crippen molar-refractivity contribution in [1.82, 2.24) is 15.1 Å². The van der Waals surface area contributed by atoms with Crippen molar-refractivity contribution in [2.45, 2.75) is 70.6 Å². The Kier molecular flexibility index (Phi) is 6.09. The van der Waals surface area contributed by atoms with E-state index in [2.05, 4.69) is 17.3 Å². The molecule has 0 aliphatic carbocycles. The molecule has 2 aliphatic rings. The van der Waals surface area contributed by atoms with Crippen LogP contribution in [0, 0.1) is 0 Å². The molecule has 2 aliphatic heterocycles. The van der Waals surface area contributed by atoms with Gasteiger partial charge in [-0.15, -0.1) is 0 Å². The summed E-state index contributed by atoms with van der Waals surface area (Å²) in [7, 11) is 2.20. The van der Waals surface area contributed by atoms with Crippen molar-refractivity contribution >= 4 is 6.09 Å². The standard InChI is InChI=1S/C17H33N3O2/c1-17(2,3)22-16(21)20-10-5-6-14(9-13-20)18-15-7-11-19(4)12-8-15/h14-15,18H,5-13H2,1-4H3. The third-order valence-electron chi connectivity index (χ3n) is 4.57. The number of carbonyl (C=O) groups excluding carboxylic acids is 1. The Bertz CT molecular complexity index is 359. The molecule has 0 saturated carbocycles. The molecule has 1 unspecified atom stereocenters. The second-order valence-corrected chi connectivity index (χ2v) is 7.84. The van der Waals surface area contributed by atoms with Crippen LogP contribution < -0.4 is 5.32 Å². The monoisotopic (exact) mass is 311 g/mol. The molecule has 0 aromatic carbocycles. The third-order valence-corrected chi connectivity index (χ3v) is 4.57. The van der Waals surface area contributed by atoms with Gasteiger partial charge < -0.3 is 19.9 Å². The van der Waals surface area contributed by atoms with Crippen LogP contribution in [0.2, 0.25) is 0 Å². The number of nitrogens with one attached hydrogen (secondary N) is 1. The van der Waals surface area contributed by atoms with Crippen molar-refractivity contribution in [3.63, 3.8) is 0 Å². The van der Waals surface area contributed by atoms with Gasteiger partial charge in [0.1, 0.15) is 5.60 Å². The van der Waals surface area contributed by atoms with Crippen LogP contribution >= 0.6 is 0 Å². The lowest BCUT2D eigenvalue weighted by Crippen LogP contribution is -2.45. The summed E-state index contributed by atoms with van der Waals surface area (Å²) in [6.45, 7) is 9.77. The van der Waals surface area contributed by atoms with Crippen LogP contribution in [0.25, 0.3) is 0 Å². The van der Waals surface area contributed by atoms with Gasteiger partial charge in [-0.05, 0) is 73.0 Å². The van der Waals surface area contributed by atoms with Gasteiger partial charge in [-0.3, -0.25) is 0 Å². The van der Waals surface area contributed by atoms with E-state index in [9.17, 15) is 4.79 Å². The summed E-state index contributed by atoms with van der Waals surface area (Å²) < 4.78 is 5.49. The van der Waals surface area contributed by atoms with Gasteiger partial charge in [-0.25, -0.2) is 4.79 Å². The van der Waals surface area contributed by atoms with E-state index in [1.54, 1.807) is 0 Å². The number of rotatable bonds is 2. The molecule has 0 aromatic heterocycles. The largest absolute Gasteiger partial charge is 0.444 e. The molecule has 1 N–H and O–H groups in total. The first-order valence-electron chi connectivity index (χ1n) is 8.76. The Hall–Kier alpha value is -0.810. The highest BCUT2D eigenvalue weighted by Crippen LogP contribution is 2.17. The van der Waals surface area contributed by atoms with E-state index in [-0.39, 0.29) is 6.09 Å². The summed E-state index contributed by atoms with van der Waals surface area (Å²) in [5.74, 6) is 0. The van der Waals surface area contributed by atoms with Gasteiger partial charge in [-0.2, -0.15) is 0 Å². The number of hydrogen-bond donors (Lipinski definition) is 1. The molecule has 22 heavy (non-hydrogen) atoms. The zero-order chi connectivity index (χ0) is 16.2. The van der Waals surface area contributed by atoms with Crippen LogP contribution in [0.1, 0.15) is 52.9 Å². The topological polar surface area (TPSA) is 44.8 Å². The average Bonchev–Trinajstić information content (AvgIpc) is 2.65. The third kappa shape index (κ3) is 5.76. The Morgan fingerprint density at radius 1 is 1.00 bits per heavy atom. The van der Waals surface area contributed by atoms with E-state index in [1.165, 1.54) is 25.9 Å². The second kappa shape index (κ2) is 7.64. The molecule has 0 bridgehead atoms. The van der Waals surface area contributed by atoms with Gasteiger partial charge in [0.25, 0.3) is 0 Å². The molecule has 2 heterocycles. The Morgan fingerprint density at radius 3 is 2.23 bits per heavy atom. The zero-order valence-corrected chi connectivity index (χ0v) is 14.7. The van der Waals surface area contributed by atoms with Crippen LogP contribution in [0.4, 0.5) is 4.79 Å². The number of piperidine rings is 1. The van der Waals surface area contributed by atoms with Crippen molar-refractivity contribution in [3.05, 3.63) is 0 Å². The fraction of sp³-hybridized carbons (Fsp3) is 0.941. The maximum Gasteiger partial charge on any atom is 0.410 e. The van der Waals surface area contributed by atoms with E-state index >= 15 is 0 Å². The molecule has 0 aromatic rings. The van der Waals surface area contributed by atoms with Gasteiger partial charge in [0.15, 0.2) is 0 Å². The maximum atomic E-state index is 12.2. The normalized spacial score (nSPS) is 25.8. The highest BCUT2D eigenvalue weighted by Gasteiger charge is 2.26. The Labute approximate surface area is 135 Å². The van der Waals surface area contributed by atoms with Gasteiger partial charge in [0.2, 0.25) is 0 Å². The van der Waals surface area contributed by atoms with Gasteiger partial charge in [0.05, 0.1) is 0 Å². The summed E-state index contributed by atoms with van der Waals surface area (Å²) in [5.41, 5.74) is -0.408. The molecule has 2 rings (SSSR count). The van der Waals surface area contributed by atoms with E-state index in [0.29, 0.717) is 12.1 Å². The fourth-order valence-corrected chi connectivity index (χ4v) is 3.28. The molecule has 1 amide bonds. The summed E-state index contributed by atoms with van der Waals surface area (Å²) in [5, 5.41) is 3.82. The Morgan fingerprint density at radius 2 is 1.59 bits per heavy atom. The number of likely N-dealkylation sites (tertiary alicyclic amines) is 2. The number of amides is 1. The summed E-state index contributed by atoms with van der Waals surface area (Å²) in [6.07, 6.45) is 5.57. The molecule has 5 nitrogen and oxygen atoms in total. The van der Waals surface area contributed by atoms with E-state index in [4.69, 9.17) is 4.74 Å². The van der Waals surface area contributed by atoms with Crippen LogP contribution in [0.3, 0.4) is 0 Å². The number of nitrogens with zero attached hydrogens (tertiary/aromatic N) is 2. The minimum Gasteiger partial charge on any atom is -0.444 e. The maximum absolute atomic E-state index is 12.2. The van der Waals surface area contributed by atoms with Crippen molar-refractivity contribution in [2.75, 3.05) is 33.2 Å². The van der Waals surface area contributed by atoms with E-state index in [1.807, 2.05) is 25.7 Å². The molecule has 2 saturated heterocycles. The molecular formula is C17H33N3O2. The summed E-state index contributed by atoms with van der Waals surface area (Å²) in [4.78, 5) is 16.5. The molecule has 1 atom stereocenters. The van der Waals surface area contributed by atoms with Crippen LogP contribution in [0.15, 0.2) is 0 Å². The number of ether oxygens (including phenoxy) is 1. The molecule has 128 valence electrons. The first-order chi connectivity index (χ1) is 10.3. The lowest BCUT2D eigenvalue weighted by Gasteiger charge is -2.32. The first kappa shape index (κ1) is 17.5. The van der Waals surface area contributed by atoms with Crippen LogP contribution in [0.5, 0.6) is 0 Å².